The second kappa shape index (κ2) is 11.4. The third-order valence-electron chi connectivity index (χ3n) is 6.55. The van der Waals surface area contributed by atoms with Crippen molar-refractivity contribution in [2.45, 2.75) is 40.3 Å². The summed E-state index contributed by atoms with van der Waals surface area (Å²) in [6.45, 7) is 12.2. The molecule has 1 aliphatic heterocycles. The average Bonchev–Trinajstić information content (AvgIpc) is 3.18. The van der Waals surface area contributed by atoms with Crippen LogP contribution in [0.3, 0.4) is 0 Å². The zero-order chi connectivity index (χ0) is 26.5. The van der Waals surface area contributed by atoms with Gasteiger partial charge in [-0.25, -0.2) is 14.3 Å². The fourth-order valence-corrected chi connectivity index (χ4v) is 4.38. The summed E-state index contributed by atoms with van der Waals surface area (Å²) in [6, 6.07) is 8.19. The molecule has 1 saturated heterocycles. The van der Waals surface area contributed by atoms with Gasteiger partial charge >= 0.3 is 0 Å². The number of carbonyl (C=O) groups excluding carboxylic acids is 1. The first-order chi connectivity index (χ1) is 17.9. The van der Waals surface area contributed by atoms with Crippen LogP contribution in [0.1, 0.15) is 27.7 Å². The Balaban J connectivity index is 1.69. The first-order valence-electron chi connectivity index (χ1n) is 12.7. The van der Waals surface area contributed by atoms with Crippen LogP contribution >= 0.6 is 0 Å². The molecule has 10 heteroatoms. The summed E-state index contributed by atoms with van der Waals surface area (Å²) in [4.78, 5) is 40.3. The summed E-state index contributed by atoms with van der Waals surface area (Å²) in [6.07, 6.45) is 7.79. The number of aromatic nitrogens is 4. The Morgan fingerprint density at radius 1 is 1.16 bits per heavy atom. The Hall–Kier alpha value is -3.92. The van der Waals surface area contributed by atoms with E-state index in [9.17, 15) is 9.59 Å². The second-order valence-electron chi connectivity index (χ2n) is 9.43. The van der Waals surface area contributed by atoms with Gasteiger partial charge < -0.3 is 20.0 Å². The monoisotopic (exact) mass is 504 g/mol. The number of hydrogen-bond donors (Lipinski definition) is 1. The number of fused-ring (bicyclic) bond motifs is 1. The van der Waals surface area contributed by atoms with E-state index in [1.807, 2.05) is 52.0 Å². The molecule has 3 heterocycles. The number of benzene rings is 1. The summed E-state index contributed by atoms with van der Waals surface area (Å²) in [5.41, 5.74) is 2.99. The molecule has 1 aliphatic rings. The molecule has 1 fully saturated rings. The summed E-state index contributed by atoms with van der Waals surface area (Å²) >= 11 is 0. The van der Waals surface area contributed by atoms with E-state index in [1.165, 1.54) is 5.69 Å². The molecule has 196 valence electrons. The Labute approximate surface area is 217 Å². The number of nitrogens with zero attached hydrogens (tertiary/aromatic N) is 7. The van der Waals surface area contributed by atoms with Gasteiger partial charge in [-0.15, -0.1) is 0 Å². The van der Waals surface area contributed by atoms with Crippen LogP contribution in [0.15, 0.2) is 53.6 Å². The summed E-state index contributed by atoms with van der Waals surface area (Å²) in [5, 5.41) is 3.68. The summed E-state index contributed by atoms with van der Waals surface area (Å²) < 4.78 is 3.35. The van der Waals surface area contributed by atoms with Crippen molar-refractivity contribution in [2.75, 3.05) is 43.4 Å². The smallest absolute Gasteiger partial charge is 0.278 e. The topological polar surface area (TPSA) is 91.5 Å². The molecule has 0 bridgehead atoms. The predicted molar refractivity (Wildman–Crippen MR) is 149 cm³/mol. The first kappa shape index (κ1) is 26.2. The highest BCUT2D eigenvalue weighted by Crippen LogP contribution is 2.23. The van der Waals surface area contributed by atoms with Crippen LogP contribution in [0.4, 0.5) is 17.3 Å². The summed E-state index contributed by atoms with van der Waals surface area (Å²) in [7, 11) is 2.15. The number of carbonyl (C=O) groups is 1. The zero-order valence-corrected chi connectivity index (χ0v) is 22.3. The van der Waals surface area contributed by atoms with E-state index in [0.717, 1.165) is 38.3 Å². The number of nitrogens with one attached hydrogen (secondary N) is 1. The SMILES string of the molecule is C/C=C\C(=C/N(C=O)C(C)C)n1c2nc(Nc3ccc(N4CCN(C)CC4)cc3)ncc2c(=O)n1CC. The van der Waals surface area contributed by atoms with Gasteiger partial charge in [0.25, 0.3) is 5.56 Å². The van der Waals surface area contributed by atoms with Crippen LogP contribution in [0.5, 0.6) is 0 Å². The van der Waals surface area contributed by atoms with Crippen molar-refractivity contribution in [2.24, 2.45) is 0 Å². The Bertz CT molecular complexity index is 1350. The normalized spacial score (nSPS) is 15.2. The molecule has 37 heavy (non-hydrogen) atoms. The van der Waals surface area contributed by atoms with Crippen LogP contribution in [-0.2, 0) is 11.3 Å². The largest absolute Gasteiger partial charge is 0.369 e. The lowest BCUT2D eigenvalue weighted by Crippen LogP contribution is -2.44. The third-order valence-corrected chi connectivity index (χ3v) is 6.55. The van der Waals surface area contributed by atoms with Crippen LogP contribution in [0.25, 0.3) is 16.7 Å². The maximum absolute atomic E-state index is 13.2. The number of likely N-dealkylation sites (N-methyl/N-ethyl adjacent to an activating group) is 1. The molecule has 1 N–H and O–H groups in total. The maximum Gasteiger partial charge on any atom is 0.278 e. The van der Waals surface area contributed by atoms with Crippen molar-refractivity contribution in [3.05, 3.63) is 59.2 Å². The fraction of sp³-hybridized carbons (Fsp3) is 0.407. The van der Waals surface area contributed by atoms with Crippen LogP contribution in [0, 0.1) is 0 Å². The van der Waals surface area contributed by atoms with Crippen LogP contribution in [0.2, 0.25) is 0 Å². The van der Waals surface area contributed by atoms with Gasteiger partial charge in [0.2, 0.25) is 12.4 Å². The molecule has 0 unspecified atom stereocenters. The lowest BCUT2D eigenvalue weighted by Gasteiger charge is -2.34. The molecule has 1 amide bonds. The van der Waals surface area contributed by atoms with Gasteiger partial charge in [0.1, 0.15) is 5.39 Å². The van der Waals surface area contributed by atoms with Crippen molar-refractivity contribution < 1.29 is 4.79 Å². The van der Waals surface area contributed by atoms with Gasteiger partial charge in [0.15, 0.2) is 5.65 Å². The van der Waals surface area contributed by atoms with Gasteiger partial charge in [-0.1, -0.05) is 6.08 Å². The van der Waals surface area contributed by atoms with E-state index in [2.05, 4.69) is 39.3 Å². The minimum atomic E-state index is -0.182. The lowest BCUT2D eigenvalue weighted by molar-refractivity contribution is -0.117. The van der Waals surface area contributed by atoms with E-state index in [-0.39, 0.29) is 11.6 Å². The standard InChI is InChI=1S/C27H36N8O2/c1-6-8-23(18-33(19-36)20(3)4)35-25-24(26(37)34(35)7-2)17-28-27(30-25)29-21-9-11-22(12-10-21)32-15-13-31(5)14-16-32/h6,8-12,17-20H,7,13-16H2,1-5H3,(H,28,29,30)/b8-6-,23-18+. The number of amides is 1. The summed E-state index contributed by atoms with van der Waals surface area (Å²) in [5.74, 6) is 0.387. The number of hydrogen-bond acceptors (Lipinski definition) is 7. The molecular formula is C27H36N8O2. The molecule has 2 aromatic heterocycles. The number of anilines is 3. The van der Waals surface area contributed by atoms with Gasteiger partial charge in [0.05, 0.1) is 5.70 Å². The Morgan fingerprint density at radius 2 is 1.86 bits per heavy atom. The maximum atomic E-state index is 13.2. The van der Waals surface area contributed by atoms with E-state index in [4.69, 9.17) is 4.98 Å². The highest BCUT2D eigenvalue weighted by atomic mass is 16.1. The molecule has 0 aliphatic carbocycles. The van der Waals surface area contributed by atoms with Crippen molar-refractivity contribution in [1.82, 2.24) is 29.1 Å². The van der Waals surface area contributed by atoms with Crippen molar-refractivity contribution in [3.63, 3.8) is 0 Å². The molecule has 0 spiro atoms. The van der Waals surface area contributed by atoms with Gasteiger partial charge in [0, 0.05) is 62.5 Å². The van der Waals surface area contributed by atoms with Gasteiger partial charge in [-0.2, -0.15) is 4.98 Å². The number of allylic oxidation sites excluding steroid dienone is 3. The third kappa shape index (κ3) is 5.59. The van der Waals surface area contributed by atoms with Crippen LogP contribution < -0.4 is 15.8 Å². The molecule has 4 rings (SSSR count). The Kier molecular flexibility index (Phi) is 8.08. The molecule has 0 radical (unpaired) electrons. The van der Waals surface area contributed by atoms with E-state index >= 15 is 0 Å². The highest BCUT2D eigenvalue weighted by molar-refractivity contribution is 5.80. The number of piperazine rings is 1. The van der Waals surface area contributed by atoms with Crippen molar-refractivity contribution >= 4 is 40.5 Å². The molecule has 1 aromatic carbocycles. The highest BCUT2D eigenvalue weighted by Gasteiger charge is 2.19. The van der Waals surface area contributed by atoms with E-state index in [0.29, 0.717) is 29.2 Å². The molecular weight excluding hydrogens is 468 g/mol. The van der Waals surface area contributed by atoms with Crippen molar-refractivity contribution in [1.29, 1.82) is 0 Å². The minimum absolute atomic E-state index is 0.0398. The lowest BCUT2D eigenvalue weighted by atomic mass is 10.2. The zero-order valence-electron chi connectivity index (χ0n) is 22.3. The molecule has 3 aromatic rings. The fourth-order valence-electron chi connectivity index (χ4n) is 4.38. The van der Waals surface area contributed by atoms with E-state index < -0.39 is 0 Å². The predicted octanol–water partition coefficient (Wildman–Crippen LogP) is 3.35. The first-order valence-corrected chi connectivity index (χ1v) is 12.7. The van der Waals surface area contributed by atoms with Gasteiger partial charge in [-0.3, -0.25) is 9.59 Å². The quantitative estimate of drug-likeness (QED) is 0.353. The minimum Gasteiger partial charge on any atom is -0.369 e. The second-order valence-corrected chi connectivity index (χ2v) is 9.43. The van der Waals surface area contributed by atoms with Gasteiger partial charge in [-0.05, 0) is 65.1 Å². The number of rotatable bonds is 9. The molecule has 0 saturated carbocycles. The molecule has 0 atom stereocenters. The molecule has 10 nitrogen and oxygen atoms in total. The van der Waals surface area contributed by atoms with E-state index in [1.54, 1.807) is 26.7 Å². The van der Waals surface area contributed by atoms with Crippen molar-refractivity contribution in [3.8, 4) is 0 Å². The Morgan fingerprint density at radius 3 is 2.46 bits per heavy atom. The average molecular weight is 505 g/mol. The van der Waals surface area contributed by atoms with Crippen LogP contribution in [-0.4, -0.2) is 74.8 Å².